The van der Waals surface area contributed by atoms with Crippen LogP contribution in [0, 0.1) is 0 Å². The van der Waals surface area contributed by atoms with Gasteiger partial charge in [0.15, 0.2) is 0 Å². The van der Waals surface area contributed by atoms with Crippen LogP contribution in [0.4, 0.5) is 0 Å². The Morgan fingerprint density at radius 3 is 2.66 bits per heavy atom. The molecule has 9 nitrogen and oxygen atoms in total. The smallest absolute Gasteiger partial charge is 0.242 e. The molecule has 29 heavy (non-hydrogen) atoms. The number of aromatic amines is 1. The van der Waals surface area contributed by atoms with Crippen LogP contribution >= 0.6 is 0 Å². The number of hydrogen-bond donors (Lipinski definition) is 4. The van der Waals surface area contributed by atoms with Gasteiger partial charge in [-0.25, -0.2) is 4.98 Å². The number of benzene rings is 1. The first-order valence-electron chi connectivity index (χ1n) is 9.80. The zero-order valence-corrected chi connectivity index (χ0v) is 16.0. The third-order valence-corrected chi connectivity index (χ3v) is 5.73. The van der Waals surface area contributed by atoms with Crippen molar-refractivity contribution in [3.05, 3.63) is 48.0 Å². The molecule has 2 fully saturated rings. The van der Waals surface area contributed by atoms with E-state index in [1.807, 2.05) is 18.2 Å². The quantitative estimate of drug-likeness (QED) is 0.522. The van der Waals surface area contributed by atoms with Crippen LogP contribution in [-0.4, -0.2) is 51.5 Å². The number of nitrogens with one attached hydrogen (secondary N) is 4. The van der Waals surface area contributed by atoms with Crippen LogP contribution in [0.15, 0.2) is 36.7 Å². The second-order valence-electron chi connectivity index (χ2n) is 7.80. The molecule has 1 aromatic heterocycles. The van der Waals surface area contributed by atoms with Crippen molar-refractivity contribution >= 4 is 17.7 Å². The Hall–Kier alpha value is -3.23. The zero-order valence-electron chi connectivity index (χ0n) is 16.0. The SMILES string of the molecule is O=C(Cc1ncn[nH]1)NC1CC(CNC(=O)C2CCC(=O)N2)(c2ccccc2)C1. The summed E-state index contributed by atoms with van der Waals surface area (Å²) in [7, 11) is 0. The fourth-order valence-corrected chi connectivity index (χ4v) is 4.20. The maximum Gasteiger partial charge on any atom is 0.242 e. The molecule has 4 N–H and O–H groups in total. The van der Waals surface area contributed by atoms with Gasteiger partial charge in [0, 0.05) is 24.4 Å². The van der Waals surface area contributed by atoms with E-state index in [1.165, 1.54) is 6.33 Å². The molecule has 1 saturated heterocycles. The Morgan fingerprint density at radius 1 is 1.21 bits per heavy atom. The van der Waals surface area contributed by atoms with E-state index >= 15 is 0 Å². The number of amides is 3. The van der Waals surface area contributed by atoms with Crippen molar-refractivity contribution in [2.24, 2.45) is 0 Å². The number of carbonyl (C=O) groups is 3. The van der Waals surface area contributed by atoms with E-state index in [-0.39, 0.29) is 35.6 Å². The first kappa shape index (κ1) is 19.1. The molecule has 3 amide bonds. The summed E-state index contributed by atoms with van der Waals surface area (Å²) >= 11 is 0. The topological polar surface area (TPSA) is 129 Å². The van der Waals surface area contributed by atoms with E-state index in [9.17, 15) is 14.4 Å². The van der Waals surface area contributed by atoms with Crippen LogP contribution in [-0.2, 0) is 26.2 Å². The van der Waals surface area contributed by atoms with Crippen molar-refractivity contribution in [1.82, 2.24) is 31.1 Å². The lowest BCUT2D eigenvalue weighted by atomic mass is 9.61. The predicted molar refractivity (Wildman–Crippen MR) is 104 cm³/mol. The van der Waals surface area contributed by atoms with Crippen LogP contribution < -0.4 is 16.0 Å². The highest BCUT2D eigenvalue weighted by Crippen LogP contribution is 2.43. The number of aromatic nitrogens is 3. The molecule has 9 heteroatoms. The Morgan fingerprint density at radius 2 is 2.00 bits per heavy atom. The minimum atomic E-state index is -0.451. The van der Waals surface area contributed by atoms with Gasteiger partial charge in [0.2, 0.25) is 17.7 Å². The van der Waals surface area contributed by atoms with Gasteiger partial charge in [-0.3, -0.25) is 19.5 Å². The molecule has 2 aliphatic rings. The molecule has 1 unspecified atom stereocenters. The first-order valence-corrected chi connectivity index (χ1v) is 9.80. The van der Waals surface area contributed by atoms with Crippen molar-refractivity contribution in [3.8, 4) is 0 Å². The molecule has 0 spiro atoms. The minimum Gasteiger partial charge on any atom is -0.353 e. The van der Waals surface area contributed by atoms with E-state index in [0.29, 0.717) is 25.2 Å². The lowest BCUT2D eigenvalue weighted by Crippen LogP contribution is -2.58. The molecular formula is C20H24N6O3. The van der Waals surface area contributed by atoms with Crippen molar-refractivity contribution in [3.63, 3.8) is 0 Å². The van der Waals surface area contributed by atoms with Crippen LogP contribution in [0.5, 0.6) is 0 Å². The van der Waals surface area contributed by atoms with Gasteiger partial charge >= 0.3 is 0 Å². The summed E-state index contributed by atoms with van der Waals surface area (Å²) in [6.07, 6.45) is 3.92. The molecule has 4 rings (SSSR count). The van der Waals surface area contributed by atoms with Crippen LogP contribution in [0.1, 0.15) is 37.1 Å². The van der Waals surface area contributed by atoms with Gasteiger partial charge < -0.3 is 16.0 Å². The minimum absolute atomic E-state index is 0.0358. The number of carbonyl (C=O) groups excluding carboxylic acids is 3. The molecule has 1 aliphatic heterocycles. The zero-order chi connectivity index (χ0) is 20.3. The van der Waals surface area contributed by atoms with Crippen molar-refractivity contribution in [2.75, 3.05) is 6.54 Å². The monoisotopic (exact) mass is 396 g/mol. The van der Waals surface area contributed by atoms with Gasteiger partial charge in [0.25, 0.3) is 0 Å². The Balaban J connectivity index is 1.36. The van der Waals surface area contributed by atoms with E-state index in [4.69, 9.17) is 0 Å². The van der Waals surface area contributed by atoms with Crippen LogP contribution in [0.2, 0.25) is 0 Å². The fraction of sp³-hybridized carbons (Fsp3) is 0.450. The van der Waals surface area contributed by atoms with Crippen molar-refractivity contribution in [1.29, 1.82) is 0 Å². The molecule has 0 radical (unpaired) electrons. The van der Waals surface area contributed by atoms with Gasteiger partial charge in [0.05, 0.1) is 6.42 Å². The third-order valence-electron chi connectivity index (χ3n) is 5.73. The molecule has 2 aromatic rings. The van der Waals surface area contributed by atoms with Gasteiger partial charge in [0.1, 0.15) is 18.2 Å². The number of nitrogens with zero attached hydrogens (tertiary/aromatic N) is 2. The van der Waals surface area contributed by atoms with E-state index < -0.39 is 6.04 Å². The highest BCUT2D eigenvalue weighted by molar-refractivity contribution is 5.90. The Labute approximate surface area is 168 Å². The first-order chi connectivity index (χ1) is 14.0. The van der Waals surface area contributed by atoms with Gasteiger partial charge in [-0.2, -0.15) is 5.10 Å². The standard InChI is InChI=1S/C20H24N6O3/c27-17-7-6-15(25-17)19(29)21-11-20(13-4-2-1-3-5-13)9-14(10-20)24-18(28)8-16-22-12-23-26-16/h1-5,12,14-15H,6-11H2,(H,21,29)(H,24,28)(H,25,27)(H,22,23,26). The Kier molecular flexibility index (Phi) is 5.28. The summed E-state index contributed by atoms with van der Waals surface area (Å²) in [4.78, 5) is 40.0. The third kappa shape index (κ3) is 4.28. The fourth-order valence-electron chi connectivity index (χ4n) is 4.20. The van der Waals surface area contributed by atoms with Crippen LogP contribution in [0.3, 0.4) is 0 Å². The largest absolute Gasteiger partial charge is 0.353 e. The average Bonchev–Trinajstić information content (AvgIpc) is 3.35. The van der Waals surface area contributed by atoms with Crippen molar-refractivity contribution < 1.29 is 14.4 Å². The van der Waals surface area contributed by atoms with E-state index in [2.05, 4.69) is 43.3 Å². The highest BCUT2D eigenvalue weighted by Gasteiger charge is 2.46. The lowest BCUT2D eigenvalue weighted by Gasteiger charge is -2.48. The van der Waals surface area contributed by atoms with Gasteiger partial charge in [-0.1, -0.05) is 30.3 Å². The maximum atomic E-state index is 12.4. The van der Waals surface area contributed by atoms with E-state index in [1.54, 1.807) is 0 Å². The molecular weight excluding hydrogens is 372 g/mol. The number of rotatable bonds is 7. The van der Waals surface area contributed by atoms with Crippen molar-refractivity contribution in [2.45, 2.75) is 49.6 Å². The molecule has 2 heterocycles. The normalized spacial score (nSPS) is 25.7. The summed E-state index contributed by atoms with van der Waals surface area (Å²) in [5, 5.41) is 15.2. The molecule has 152 valence electrons. The average molecular weight is 396 g/mol. The van der Waals surface area contributed by atoms with Gasteiger partial charge in [-0.05, 0) is 24.8 Å². The molecule has 1 aromatic carbocycles. The summed E-state index contributed by atoms with van der Waals surface area (Å²) < 4.78 is 0. The molecule has 1 aliphatic carbocycles. The van der Waals surface area contributed by atoms with Crippen LogP contribution in [0.25, 0.3) is 0 Å². The molecule has 1 saturated carbocycles. The predicted octanol–water partition coefficient (Wildman–Crippen LogP) is -0.0414. The second-order valence-corrected chi connectivity index (χ2v) is 7.80. The van der Waals surface area contributed by atoms with E-state index in [0.717, 1.165) is 18.4 Å². The molecule has 0 bridgehead atoms. The lowest BCUT2D eigenvalue weighted by molar-refractivity contribution is -0.126. The highest BCUT2D eigenvalue weighted by atomic mass is 16.2. The van der Waals surface area contributed by atoms with Gasteiger partial charge in [-0.15, -0.1) is 0 Å². The summed E-state index contributed by atoms with van der Waals surface area (Å²) in [5.41, 5.74) is 0.903. The molecule has 1 atom stereocenters. The Bertz CT molecular complexity index is 877. The number of hydrogen-bond acceptors (Lipinski definition) is 5. The maximum absolute atomic E-state index is 12.4. The summed E-state index contributed by atoms with van der Waals surface area (Å²) in [6.45, 7) is 0.469. The summed E-state index contributed by atoms with van der Waals surface area (Å²) in [6, 6.07) is 9.60. The number of H-pyrrole nitrogens is 1. The second kappa shape index (κ2) is 8.02. The summed E-state index contributed by atoms with van der Waals surface area (Å²) in [5.74, 6) is 0.193.